The molecule has 3 aromatic carbocycles. The molecule has 368 valence electrons. The number of alkyl carbamates (subject to hydrolysis) is 2. The number of fused-ring (bicyclic) bond motifs is 7. The number of imidazole rings is 1. The lowest BCUT2D eigenvalue weighted by atomic mass is 9.69. The highest BCUT2D eigenvalue weighted by Gasteiger charge is 2.57. The van der Waals surface area contributed by atoms with Crippen LogP contribution in [0.3, 0.4) is 0 Å². The molecule has 4 saturated heterocycles. The number of carbonyl (C=O) groups excluding carboxylic acids is 4. The van der Waals surface area contributed by atoms with E-state index >= 15 is 0 Å². The number of H-pyrrole nitrogens is 1. The highest BCUT2D eigenvalue weighted by atomic mass is 16.5. The number of aromatic nitrogens is 2. The second kappa shape index (κ2) is 19.8. The molecule has 9 rings (SSSR count). The Morgan fingerprint density at radius 3 is 2.54 bits per heavy atom. The lowest BCUT2D eigenvalue weighted by Gasteiger charge is -2.52. The number of nitrogens with zero attached hydrogens (tertiary/aromatic N) is 4. The number of aromatic amines is 1. The van der Waals surface area contributed by atoms with Gasteiger partial charge in [0.15, 0.2) is 0 Å². The van der Waals surface area contributed by atoms with Gasteiger partial charge in [0.1, 0.15) is 30.3 Å². The first-order valence-electron chi connectivity index (χ1n) is 25.2. The number of benzene rings is 3. The van der Waals surface area contributed by atoms with Crippen LogP contribution in [-0.4, -0.2) is 106 Å². The number of rotatable bonds is 12. The summed E-state index contributed by atoms with van der Waals surface area (Å²) in [6.45, 7) is 14.8. The normalized spacial score (nSPS) is 27.1. The lowest BCUT2D eigenvalue weighted by molar-refractivity contribution is -0.166. The first-order chi connectivity index (χ1) is 33.2. The number of aryl methyl sites for hydroxylation is 1. The van der Waals surface area contributed by atoms with Crippen molar-refractivity contribution < 1.29 is 38.1 Å². The van der Waals surface area contributed by atoms with Gasteiger partial charge in [0.05, 0.1) is 56.1 Å². The van der Waals surface area contributed by atoms with Gasteiger partial charge in [-0.2, -0.15) is 0 Å². The Hall–Kier alpha value is -5.96. The third kappa shape index (κ3) is 8.95. The molecule has 0 aliphatic carbocycles. The monoisotopic (exact) mass is 944 g/mol. The van der Waals surface area contributed by atoms with Crippen molar-refractivity contribution in [3.8, 4) is 28.1 Å². The van der Waals surface area contributed by atoms with Gasteiger partial charge >= 0.3 is 12.2 Å². The summed E-state index contributed by atoms with van der Waals surface area (Å²) in [5.74, 6) is 1.33. The third-order valence-corrected chi connectivity index (χ3v) is 16.0. The van der Waals surface area contributed by atoms with Gasteiger partial charge in [0.25, 0.3) is 0 Å². The van der Waals surface area contributed by atoms with Crippen LogP contribution in [0.4, 0.5) is 15.3 Å². The van der Waals surface area contributed by atoms with E-state index in [0.717, 1.165) is 119 Å². The number of amides is 4. The van der Waals surface area contributed by atoms with Crippen LogP contribution in [0.5, 0.6) is 5.75 Å². The average Bonchev–Trinajstić information content (AvgIpc) is 4.12. The summed E-state index contributed by atoms with van der Waals surface area (Å²) >= 11 is 0. The average molecular weight is 944 g/mol. The third-order valence-electron chi connectivity index (χ3n) is 16.0. The highest BCUT2D eigenvalue weighted by molar-refractivity contribution is 6.00. The molecule has 5 aliphatic heterocycles. The van der Waals surface area contributed by atoms with Gasteiger partial charge in [-0.1, -0.05) is 51.8 Å². The number of ether oxygens (including phenoxy) is 4. The van der Waals surface area contributed by atoms with Gasteiger partial charge in [-0.05, 0) is 142 Å². The zero-order valence-electron chi connectivity index (χ0n) is 41.6. The summed E-state index contributed by atoms with van der Waals surface area (Å²) in [4.78, 5) is 71.1. The molecule has 4 amide bonds. The maximum atomic E-state index is 14.5. The molecule has 6 heterocycles. The van der Waals surface area contributed by atoms with Gasteiger partial charge in [0.2, 0.25) is 11.8 Å². The molecule has 3 N–H and O–H groups in total. The van der Waals surface area contributed by atoms with Gasteiger partial charge < -0.3 is 44.4 Å². The van der Waals surface area contributed by atoms with Gasteiger partial charge in [-0.3, -0.25) is 14.6 Å². The molecule has 15 heteroatoms. The van der Waals surface area contributed by atoms with Crippen molar-refractivity contribution in [1.82, 2.24) is 30.4 Å². The number of aliphatic imine (C=N–C) groups is 1. The first kappa shape index (κ1) is 48.1. The Morgan fingerprint density at radius 1 is 0.986 bits per heavy atom. The molecule has 15 nitrogen and oxygen atoms in total. The Morgan fingerprint density at radius 2 is 1.78 bits per heavy atom. The minimum atomic E-state index is -0.704. The molecule has 0 radical (unpaired) electrons. The van der Waals surface area contributed by atoms with Crippen LogP contribution >= 0.6 is 0 Å². The molecule has 69 heavy (non-hydrogen) atoms. The summed E-state index contributed by atoms with van der Waals surface area (Å²) in [6.07, 6.45) is 8.08. The fraction of sp³-hybridized carbons (Fsp3) is 0.556. The summed E-state index contributed by atoms with van der Waals surface area (Å²) in [6, 6.07) is 13.2. The van der Waals surface area contributed by atoms with E-state index in [4.69, 9.17) is 28.9 Å². The second-order valence-electron chi connectivity index (χ2n) is 20.2. The van der Waals surface area contributed by atoms with E-state index in [2.05, 4.69) is 71.9 Å². The van der Waals surface area contributed by atoms with E-state index in [1.165, 1.54) is 14.2 Å². The summed E-state index contributed by atoms with van der Waals surface area (Å²) in [7, 11) is 2.64. The van der Waals surface area contributed by atoms with Crippen molar-refractivity contribution in [2.75, 3.05) is 14.2 Å². The summed E-state index contributed by atoms with van der Waals surface area (Å²) in [5, 5.41) is 7.92. The Labute approximate surface area is 405 Å². The van der Waals surface area contributed by atoms with E-state index in [1.807, 2.05) is 50.6 Å². The molecular weight excluding hydrogens is 875 g/mol. The van der Waals surface area contributed by atoms with E-state index in [0.29, 0.717) is 13.0 Å². The largest absolute Gasteiger partial charge is 0.488 e. The Kier molecular flexibility index (Phi) is 13.8. The maximum Gasteiger partial charge on any atom is 0.407 e. The van der Waals surface area contributed by atoms with E-state index < -0.39 is 24.3 Å². The van der Waals surface area contributed by atoms with E-state index in [9.17, 15) is 19.2 Å². The molecule has 0 bridgehead atoms. The van der Waals surface area contributed by atoms with Crippen molar-refractivity contribution in [3.63, 3.8) is 0 Å². The standard InChI is InChI=1S/C54H69N7O8/c1-10-12-13-37-38-25-46-39(24-33(38)16-18-41(37)56-31(6)43-20-21-44-47-32(7)69-30(5)22-40(47)49(52(63)61(43)44)59-54(65)67-9)36-17-15-34(23-35(36)27-68-46)42-26-55-50(57-42)45-19-14-29(4)60(45)51(62)48(28(3)11-2)58-53(64)66-8/h15-18,23-26,28-30,32,40,43-45,47-49H,10-14,19-22,27H2,1-9H3,(H,55,57)(H,58,64)(H,59,65)/b56-31+/t28-,29-,30+,32+,40?,43-,44+,45-,47?,48-,49-/m0/s1. The molecule has 5 aliphatic rings. The fourth-order valence-electron chi connectivity index (χ4n) is 12.3. The molecule has 0 saturated carbocycles. The van der Waals surface area contributed by atoms with Crippen molar-refractivity contribution in [3.05, 3.63) is 65.6 Å². The molecule has 4 aromatic rings. The Balaban J connectivity index is 0.978. The molecule has 11 atom stereocenters. The van der Waals surface area contributed by atoms with Crippen LogP contribution in [0.15, 0.2) is 53.7 Å². The van der Waals surface area contributed by atoms with E-state index in [1.54, 1.807) is 0 Å². The van der Waals surface area contributed by atoms with Gasteiger partial charge in [0, 0.05) is 29.3 Å². The number of piperidine rings is 1. The van der Waals surface area contributed by atoms with Crippen LogP contribution in [0, 0.1) is 17.8 Å². The predicted molar refractivity (Wildman–Crippen MR) is 264 cm³/mol. The number of hydrogen-bond acceptors (Lipinski definition) is 10. The molecule has 1 aromatic heterocycles. The number of hydrogen-bond donors (Lipinski definition) is 3. The minimum Gasteiger partial charge on any atom is -0.488 e. The maximum absolute atomic E-state index is 14.5. The van der Waals surface area contributed by atoms with Gasteiger partial charge in [-0.15, -0.1) is 0 Å². The van der Waals surface area contributed by atoms with Crippen LogP contribution < -0.4 is 15.4 Å². The fourth-order valence-corrected chi connectivity index (χ4v) is 12.3. The predicted octanol–water partition coefficient (Wildman–Crippen LogP) is 9.57. The second-order valence-corrected chi connectivity index (χ2v) is 20.2. The number of likely N-dealkylation sites (tertiary alicyclic amines) is 1. The number of nitrogens with one attached hydrogen (secondary N) is 3. The molecule has 4 fully saturated rings. The highest BCUT2D eigenvalue weighted by Crippen LogP contribution is 2.48. The molecule has 0 spiro atoms. The van der Waals surface area contributed by atoms with Crippen LogP contribution in [0.1, 0.15) is 123 Å². The number of unbranched alkanes of at least 4 members (excludes halogenated alkanes) is 1. The SMILES string of the molecule is CCCCc1c(/N=C(\C)[C@@H]2CC[C@@H]3C4C(C[C@@H](C)O[C@@H]4C)[C@H](NC(=O)OC)C(=O)N32)ccc2cc3c(cc12)OCc1cc(-c2cnc([C@@H]4CC[C@H](C)N4C(=O)[C@@H](NC(=O)OC)[C@@H](C)CC)[nH]2)ccc1-3. The van der Waals surface area contributed by atoms with Gasteiger partial charge in [-0.25, -0.2) is 14.6 Å². The van der Waals surface area contributed by atoms with Crippen molar-refractivity contribution in [1.29, 1.82) is 0 Å². The topological polar surface area (TPSA) is 177 Å². The molecule has 2 unspecified atom stereocenters. The smallest absolute Gasteiger partial charge is 0.407 e. The van der Waals surface area contributed by atoms with Crippen molar-refractivity contribution in [2.24, 2.45) is 22.7 Å². The minimum absolute atomic E-state index is 0.00214. The zero-order chi connectivity index (χ0) is 48.8. The van der Waals surface area contributed by atoms with Crippen molar-refractivity contribution in [2.45, 2.75) is 161 Å². The van der Waals surface area contributed by atoms with E-state index in [-0.39, 0.29) is 65.9 Å². The summed E-state index contributed by atoms with van der Waals surface area (Å²) in [5.41, 5.74) is 7.98. The summed E-state index contributed by atoms with van der Waals surface area (Å²) < 4.78 is 22.8. The quantitative estimate of drug-likeness (QED) is 0.117. The van der Waals surface area contributed by atoms with Crippen LogP contribution in [-0.2, 0) is 36.8 Å². The van der Waals surface area contributed by atoms with Crippen LogP contribution in [0.25, 0.3) is 33.2 Å². The number of carbonyl (C=O) groups is 4. The van der Waals surface area contributed by atoms with Crippen LogP contribution in [0.2, 0.25) is 0 Å². The first-order valence-corrected chi connectivity index (χ1v) is 25.2. The lowest BCUT2D eigenvalue weighted by Crippen LogP contribution is -2.67. The van der Waals surface area contributed by atoms with Crippen molar-refractivity contribution >= 4 is 46.2 Å². The Bertz CT molecular complexity index is 2650. The molecular formula is C54H69N7O8. The number of methoxy groups -OCH3 is 2. The zero-order valence-corrected chi connectivity index (χ0v) is 41.6.